The van der Waals surface area contributed by atoms with Crippen LogP contribution in [-0.2, 0) is 16.2 Å². The Kier molecular flexibility index (Phi) is 8.00. The number of rotatable bonds is 2. The maximum absolute atomic E-state index is 2.83. The highest BCUT2D eigenvalue weighted by atomic mass is 32.1. The zero-order valence-electron chi connectivity index (χ0n) is 40.4. The summed E-state index contributed by atoms with van der Waals surface area (Å²) in [6.45, 7) is 21.4. The van der Waals surface area contributed by atoms with Gasteiger partial charge in [-0.15, -0.1) is 11.3 Å². The molecule has 0 atom stereocenters. The number of anilines is 5. The van der Waals surface area contributed by atoms with Gasteiger partial charge in [-0.3, -0.25) is 0 Å². The van der Waals surface area contributed by atoms with Crippen molar-refractivity contribution in [3.63, 3.8) is 0 Å². The average molecular weight is 894 g/mol. The van der Waals surface area contributed by atoms with E-state index in [1.54, 1.807) is 0 Å². The molecule has 3 nitrogen and oxygen atoms in total. The molecule has 2 aromatic heterocycles. The van der Waals surface area contributed by atoms with E-state index < -0.39 is 0 Å². The van der Waals surface area contributed by atoms with Gasteiger partial charge in [0.05, 0.1) is 16.7 Å². The molecule has 8 aromatic carbocycles. The zero-order chi connectivity index (χ0) is 46.3. The van der Waals surface area contributed by atoms with Crippen molar-refractivity contribution in [2.75, 3.05) is 9.71 Å². The lowest BCUT2D eigenvalue weighted by atomic mass is 9.32. The van der Waals surface area contributed by atoms with Crippen LogP contribution in [0.1, 0.15) is 79.0 Å². The highest BCUT2D eigenvalue weighted by molar-refractivity contribution is 7.34. The van der Waals surface area contributed by atoms with Gasteiger partial charge in [0, 0.05) is 65.2 Å². The Bertz CT molecular complexity index is 3800. The highest BCUT2D eigenvalue weighted by Crippen LogP contribution is 2.53. The lowest BCUT2D eigenvalue weighted by Crippen LogP contribution is -2.69. The van der Waals surface area contributed by atoms with E-state index in [2.05, 4.69) is 234 Å². The molecule has 0 spiro atoms. The molecular weight excluding hydrogens is 840 g/mol. The van der Waals surface area contributed by atoms with Crippen LogP contribution in [0, 0.1) is 0 Å². The summed E-state index contributed by atoms with van der Waals surface area (Å²) in [7, 11) is 0. The largest absolute Gasteiger partial charge is 0.377 e. The Balaban J connectivity index is 1.11. The summed E-state index contributed by atoms with van der Waals surface area (Å²) in [6, 6.07) is 61.2. The number of thiophene rings is 1. The summed E-state index contributed by atoms with van der Waals surface area (Å²) in [5.41, 5.74) is 25.2. The van der Waals surface area contributed by atoms with E-state index >= 15 is 0 Å². The Labute approximate surface area is 404 Å². The molecule has 0 saturated heterocycles. The Morgan fingerprint density at radius 3 is 1.63 bits per heavy atom. The second kappa shape index (κ2) is 13.5. The number of nitrogens with zero attached hydrogens (tertiary/aromatic N) is 3. The summed E-state index contributed by atoms with van der Waals surface area (Å²) in [6.07, 6.45) is 0. The van der Waals surface area contributed by atoms with Gasteiger partial charge in [0.1, 0.15) is 0 Å². The van der Waals surface area contributed by atoms with Crippen LogP contribution in [-0.4, -0.2) is 18.1 Å². The SMILES string of the molecule is CC(C)(C)c1ccc2c(c1)B1c3cc(C(C)(C)C)ccc3-c3ccc4c5c3N1c1c(cc(C(C)(C)C)cc1-2)B5c1sc2ccccc2c1N4c1cccc(-n2c3ccccc3c3ccccc32)c1. The Morgan fingerprint density at radius 2 is 0.985 bits per heavy atom. The fraction of sp³-hybridized carbons (Fsp3) is 0.194. The van der Waals surface area contributed by atoms with Gasteiger partial charge in [-0.25, -0.2) is 0 Å². The van der Waals surface area contributed by atoms with Gasteiger partial charge in [-0.2, -0.15) is 0 Å². The first-order chi connectivity index (χ1) is 32.6. The Hall–Kier alpha value is -6.75. The minimum atomic E-state index is -0.0636. The molecule has 0 amide bonds. The van der Waals surface area contributed by atoms with Crippen LogP contribution in [0.4, 0.5) is 28.4 Å². The molecule has 6 heterocycles. The molecule has 0 saturated carbocycles. The van der Waals surface area contributed by atoms with E-state index in [1.165, 1.54) is 126 Å². The van der Waals surface area contributed by atoms with E-state index in [1.807, 2.05) is 11.3 Å². The molecule has 0 radical (unpaired) electrons. The van der Waals surface area contributed by atoms with Crippen LogP contribution in [0.5, 0.6) is 0 Å². The molecule has 68 heavy (non-hydrogen) atoms. The van der Waals surface area contributed by atoms with Crippen molar-refractivity contribution in [3.8, 4) is 27.9 Å². The Morgan fingerprint density at radius 1 is 0.426 bits per heavy atom. The normalized spacial score (nSPS) is 14.4. The van der Waals surface area contributed by atoms with Crippen molar-refractivity contribution >= 4 is 112 Å². The van der Waals surface area contributed by atoms with Gasteiger partial charge >= 0.3 is 6.85 Å². The van der Waals surface area contributed by atoms with Gasteiger partial charge in [-0.1, -0.05) is 172 Å². The molecule has 0 N–H and O–H groups in total. The fourth-order valence-corrected chi connectivity index (χ4v) is 13.7. The van der Waals surface area contributed by atoms with Gasteiger partial charge < -0.3 is 14.3 Å². The molecular formula is C62H53B2N3S. The molecule has 4 aliphatic rings. The van der Waals surface area contributed by atoms with Crippen molar-refractivity contribution in [2.24, 2.45) is 0 Å². The fourth-order valence-electron chi connectivity index (χ4n) is 12.4. The smallest absolute Gasteiger partial charge is 0.329 e. The summed E-state index contributed by atoms with van der Waals surface area (Å²) in [5.74, 6) is 0. The first kappa shape index (κ1) is 40.3. The molecule has 0 fully saturated rings. The summed E-state index contributed by atoms with van der Waals surface area (Å²) in [4.78, 5) is 5.47. The van der Waals surface area contributed by atoms with Crippen molar-refractivity contribution in [2.45, 2.75) is 78.6 Å². The van der Waals surface area contributed by atoms with Crippen LogP contribution in [0.3, 0.4) is 0 Å². The first-order valence-corrected chi connectivity index (χ1v) is 25.3. The zero-order valence-corrected chi connectivity index (χ0v) is 41.2. The van der Waals surface area contributed by atoms with Gasteiger partial charge in [0.15, 0.2) is 0 Å². The molecule has 328 valence electrons. The maximum atomic E-state index is 2.83. The van der Waals surface area contributed by atoms with Gasteiger partial charge in [0.2, 0.25) is 0 Å². The second-order valence-corrected chi connectivity index (χ2v) is 24.0. The first-order valence-electron chi connectivity index (χ1n) is 24.5. The molecule has 0 bridgehead atoms. The molecule has 0 unspecified atom stereocenters. The lowest BCUT2D eigenvalue weighted by molar-refractivity contribution is 0.590. The molecule has 4 aliphatic heterocycles. The number of hydrogen-bond donors (Lipinski definition) is 0. The monoisotopic (exact) mass is 893 g/mol. The number of hydrogen-bond acceptors (Lipinski definition) is 3. The van der Waals surface area contributed by atoms with E-state index in [4.69, 9.17) is 0 Å². The molecule has 10 aromatic rings. The summed E-state index contributed by atoms with van der Waals surface area (Å²) in [5, 5.41) is 3.85. The van der Waals surface area contributed by atoms with Crippen LogP contribution in [0.2, 0.25) is 0 Å². The molecule has 6 heteroatoms. The van der Waals surface area contributed by atoms with Gasteiger partial charge in [-0.05, 0) is 114 Å². The predicted molar refractivity (Wildman–Crippen MR) is 296 cm³/mol. The maximum Gasteiger partial charge on any atom is 0.329 e. The van der Waals surface area contributed by atoms with Gasteiger partial charge in [0.25, 0.3) is 6.71 Å². The van der Waals surface area contributed by atoms with Crippen molar-refractivity contribution in [3.05, 3.63) is 174 Å². The van der Waals surface area contributed by atoms with Crippen LogP contribution in [0.15, 0.2) is 158 Å². The summed E-state index contributed by atoms with van der Waals surface area (Å²) >= 11 is 1.99. The number of aromatic nitrogens is 1. The van der Waals surface area contributed by atoms with E-state index in [0.717, 1.165) is 5.69 Å². The van der Waals surface area contributed by atoms with Crippen LogP contribution in [0.25, 0.3) is 59.8 Å². The van der Waals surface area contributed by atoms with Crippen molar-refractivity contribution in [1.29, 1.82) is 0 Å². The second-order valence-electron chi connectivity index (χ2n) is 23.0. The van der Waals surface area contributed by atoms with E-state index in [-0.39, 0.29) is 29.8 Å². The van der Waals surface area contributed by atoms with E-state index in [9.17, 15) is 0 Å². The van der Waals surface area contributed by atoms with Crippen molar-refractivity contribution < 1.29 is 0 Å². The highest BCUT2D eigenvalue weighted by Gasteiger charge is 2.53. The van der Waals surface area contributed by atoms with Crippen LogP contribution < -0.4 is 36.3 Å². The number of benzene rings is 8. The van der Waals surface area contributed by atoms with E-state index in [0.29, 0.717) is 0 Å². The number of para-hydroxylation sites is 2. The third-order valence-corrected chi connectivity index (χ3v) is 17.0. The average Bonchev–Trinajstić information content (AvgIpc) is 3.87. The van der Waals surface area contributed by atoms with Crippen molar-refractivity contribution in [1.82, 2.24) is 4.57 Å². The lowest BCUT2D eigenvalue weighted by Gasteiger charge is -2.51. The minimum Gasteiger partial charge on any atom is -0.377 e. The summed E-state index contributed by atoms with van der Waals surface area (Å²) < 4.78 is 5.20. The topological polar surface area (TPSA) is 11.4 Å². The molecule has 0 aliphatic carbocycles. The quantitative estimate of drug-likeness (QED) is 0.160. The third-order valence-electron chi connectivity index (χ3n) is 15.8. The standard InChI is InChI=1S/C62H53B2N3S/c1-60(2,3)36-25-27-41-45-29-30-53-55-57(45)67-56-47(42-28-26-37(61(4,5)6)33-49(42)64(67)48(41)32-36)31-38(62(7,8)9)34-50(56)63(55)59-58(46-21-12-15-24-54(46)68-59)66(53)40-18-16-17-39(35-40)65-51-22-13-10-19-43(51)44-20-11-14-23-52(44)65/h10-35H,1-9H3. The van der Waals surface area contributed by atoms with Crippen LogP contribution >= 0.6 is 11.3 Å². The third kappa shape index (κ3) is 5.38. The predicted octanol–water partition coefficient (Wildman–Crippen LogP) is 13.4. The number of fused-ring (bicyclic) bond motifs is 14. The molecule has 14 rings (SSSR count). The minimum absolute atomic E-state index is 0.000567.